The molecule has 0 radical (unpaired) electrons. The van der Waals surface area contributed by atoms with Crippen LogP contribution in [0.25, 0.3) is 10.9 Å². The molecule has 0 saturated carbocycles. The molecule has 0 spiro atoms. The third-order valence-electron chi connectivity index (χ3n) is 3.19. The number of hydrogen-bond donors (Lipinski definition) is 1. The number of halogens is 5. The molecule has 0 unspecified atom stereocenters. The van der Waals surface area contributed by atoms with Crippen LogP contribution in [0.4, 0.5) is 19.4 Å². The summed E-state index contributed by atoms with van der Waals surface area (Å²) in [4.78, 5) is -1.97. The average molecular weight is 379 g/mol. The van der Waals surface area contributed by atoms with E-state index in [0.29, 0.717) is 12.1 Å². The van der Waals surface area contributed by atoms with Gasteiger partial charge in [0, 0.05) is 23.6 Å². The summed E-state index contributed by atoms with van der Waals surface area (Å²) in [7, 11) is -13.9. The van der Waals surface area contributed by atoms with Gasteiger partial charge < -0.3 is 4.57 Å². The Morgan fingerprint density at radius 3 is 2.30 bits per heavy atom. The fraction of sp³-hybridized carbons (Fsp3) is 0.333. The van der Waals surface area contributed by atoms with E-state index in [-0.39, 0.29) is 17.4 Å². The first kappa shape index (κ1) is 18.0. The zero-order chi connectivity index (χ0) is 17.7. The third kappa shape index (κ3) is 4.58. The van der Waals surface area contributed by atoms with E-state index < -0.39 is 36.9 Å². The van der Waals surface area contributed by atoms with Crippen LogP contribution in [0.15, 0.2) is 35.4 Å². The van der Waals surface area contributed by atoms with E-state index in [1.54, 1.807) is 0 Å². The van der Waals surface area contributed by atoms with Gasteiger partial charge in [-0.3, -0.25) is 4.55 Å². The highest BCUT2D eigenvalue weighted by Gasteiger charge is 2.65. The van der Waals surface area contributed by atoms with E-state index in [2.05, 4.69) is 0 Å². The first-order valence-corrected chi connectivity index (χ1v) is 9.89. The standard InChI is InChI=1S/C12H14F5NO3S2/c1-9(8-22(19,20)21)7-18-5-4-10-6-11(2-3-12(10)18)23(13,14,15,16)17/h2-6,9H,7-8H2,1H3,(H,19,20,21)/t9-/m0/s1. The fourth-order valence-electron chi connectivity index (χ4n) is 2.33. The van der Waals surface area contributed by atoms with Crippen molar-refractivity contribution in [2.45, 2.75) is 18.4 Å². The summed E-state index contributed by atoms with van der Waals surface area (Å²) in [5, 5.41) is -0.0326. The van der Waals surface area contributed by atoms with Gasteiger partial charge in [0.2, 0.25) is 0 Å². The average Bonchev–Trinajstić information content (AvgIpc) is 2.66. The van der Waals surface area contributed by atoms with Crippen molar-refractivity contribution in [3.8, 4) is 0 Å². The molecule has 1 N–H and O–H groups in total. The van der Waals surface area contributed by atoms with E-state index in [1.165, 1.54) is 23.8 Å². The molecule has 23 heavy (non-hydrogen) atoms. The van der Waals surface area contributed by atoms with Gasteiger partial charge in [-0.1, -0.05) is 26.4 Å². The molecule has 0 aliphatic carbocycles. The lowest BCUT2D eigenvalue weighted by Gasteiger charge is -2.40. The summed E-state index contributed by atoms with van der Waals surface area (Å²) in [6.45, 7) is 1.63. The third-order valence-corrected chi connectivity index (χ3v) is 5.33. The largest absolute Gasteiger partial charge is 0.347 e. The summed E-state index contributed by atoms with van der Waals surface area (Å²) in [5.41, 5.74) is 0.262. The van der Waals surface area contributed by atoms with Gasteiger partial charge in [0.05, 0.1) is 5.75 Å². The molecule has 0 saturated heterocycles. The Bertz CT molecular complexity index is 858. The van der Waals surface area contributed by atoms with Crippen molar-refractivity contribution in [3.05, 3.63) is 30.5 Å². The van der Waals surface area contributed by atoms with E-state index in [1.807, 2.05) is 0 Å². The van der Waals surface area contributed by atoms with Gasteiger partial charge in [-0.15, -0.1) is 0 Å². The molecule has 1 heterocycles. The van der Waals surface area contributed by atoms with Crippen LogP contribution in [0.5, 0.6) is 0 Å². The summed E-state index contributed by atoms with van der Waals surface area (Å²) >= 11 is 0. The number of fused-ring (bicyclic) bond motifs is 1. The lowest BCUT2D eigenvalue weighted by atomic mass is 10.2. The number of hydrogen-bond acceptors (Lipinski definition) is 2. The first-order valence-electron chi connectivity index (χ1n) is 6.33. The molecule has 0 amide bonds. The van der Waals surface area contributed by atoms with Crippen LogP contribution in [-0.2, 0) is 16.7 Å². The van der Waals surface area contributed by atoms with Crippen molar-refractivity contribution in [1.29, 1.82) is 0 Å². The lowest BCUT2D eigenvalue weighted by Crippen LogP contribution is -2.17. The van der Waals surface area contributed by atoms with Crippen LogP contribution in [0.3, 0.4) is 0 Å². The molecule has 1 atom stereocenters. The second-order valence-electron chi connectivity index (χ2n) is 5.51. The highest BCUT2D eigenvalue weighted by molar-refractivity contribution is 8.45. The molecule has 0 fully saturated rings. The van der Waals surface area contributed by atoms with Crippen LogP contribution in [0, 0.1) is 5.92 Å². The van der Waals surface area contributed by atoms with Gasteiger partial charge in [-0.25, -0.2) is 0 Å². The topological polar surface area (TPSA) is 59.3 Å². The van der Waals surface area contributed by atoms with Crippen molar-refractivity contribution >= 4 is 31.2 Å². The van der Waals surface area contributed by atoms with E-state index >= 15 is 0 Å². The van der Waals surface area contributed by atoms with Crippen molar-refractivity contribution in [2.75, 3.05) is 5.75 Å². The number of benzene rings is 1. The van der Waals surface area contributed by atoms with Gasteiger partial charge in [-0.2, -0.15) is 8.42 Å². The molecule has 2 rings (SSSR count). The minimum Gasteiger partial charge on any atom is -0.347 e. The van der Waals surface area contributed by atoms with E-state index in [4.69, 9.17) is 4.55 Å². The summed E-state index contributed by atoms with van der Waals surface area (Å²) in [6, 6.07) is 2.85. The highest BCUT2D eigenvalue weighted by atomic mass is 32.5. The normalized spacial score (nSPS) is 17.7. The Labute approximate surface area is 129 Å². The first-order chi connectivity index (χ1) is 10.0. The number of nitrogens with zero attached hydrogens (tertiary/aromatic N) is 1. The van der Waals surface area contributed by atoms with Crippen LogP contribution in [0.1, 0.15) is 6.92 Å². The van der Waals surface area contributed by atoms with Gasteiger partial charge in [-0.05, 0) is 30.2 Å². The summed E-state index contributed by atoms with van der Waals surface area (Å²) in [6.07, 6.45) is 1.38. The minimum atomic E-state index is -9.74. The van der Waals surface area contributed by atoms with Crippen LogP contribution in [0.2, 0.25) is 0 Å². The van der Waals surface area contributed by atoms with Crippen LogP contribution < -0.4 is 0 Å². The predicted octanol–water partition coefficient (Wildman–Crippen LogP) is 4.82. The zero-order valence-corrected chi connectivity index (χ0v) is 13.4. The van der Waals surface area contributed by atoms with Gasteiger partial charge >= 0.3 is 10.2 Å². The molecule has 0 bridgehead atoms. The molecule has 0 aliphatic heterocycles. The maximum absolute atomic E-state index is 12.8. The molecular weight excluding hydrogens is 365 g/mol. The molecule has 1 aromatic carbocycles. The second kappa shape index (κ2) is 4.61. The minimum absolute atomic E-state index is 0.0326. The van der Waals surface area contributed by atoms with E-state index in [0.717, 1.165) is 6.07 Å². The Balaban J connectivity index is 2.37. The summed E-state index contributed by atoms with van der Waals surface area (Å²) in [5.74, 6) is -1.04. The smallest absolute Gasteiger partial charge is 0.310 e. The maximum Gasteiger partial charge on any atom is 0.310 e. The predicted molar refractivity (Wildman–Crippen MR) is 78.9 cm³/mol. The Morgan fingerprint density at radius 1 is 1.17 bits per heavy atom. The maximum atomic E-state index is 12.8. The molecule has 2 aromatic rings. The number of rotatable bonds is 5. The quantitative estimate of drug-likeness (QED) is 0.598. The van der Waals surface area contributed by atoms with Crippen molar-refractivity contribution in [1.82, 2.24) is 4.57 Å². The Kier molecular flexibility index (Phi) is 3.61. The van der Waals surface area contributed by atoms with Gasteiger partial charge in [0.1, 0.15) is 4.90 Å². The zero-order valence-electron chi connectivity index (χ0n) is 11.8. The highest BCUT2D eigenvalue weighted by Crippen LogP contribution is 3.02. The molecule has 1 aromatic heterocycles. The lowest BCUT2D eigenvalue weighted by molar-refractivity contribution is 0.364. The molecule has 132 valence electrons. The van der Waals surface area contributed by atoms with Crippen molar-refractivity contribution < 1.29 is 32.4 Å². The molecule has 4 nitrogen and oxygen atoms in total. The van der Waals surface area contributed by atoms with Gasteiger partial charge in [0.25, 0.3) is 10.1 Å². The van der Waals surface area contributed by atoms with Gasteiger partial charge in [0.15, 0.2) is 0 Å². The monoisotopic (exact) mass is 379 g/mol. The molecular formula is C12H14F5NO3S2. The van der Waals surface area contributed by atoms with Crippen molar-refractivity contribution in [2.24, 2.45) is 5.92 Å². The Hall–Kier alpha value is -1.33. The molecule has 0 aliphatic rings. The van der Waals surface area contributed by atoms with E-state index in [9.17, 15) is 27.8 Å². The summed E-state index contributed by atoms with van der Waals surface area (Å²) < 4.78 is 95.7. The SMILES string of the molecule is C[C@@H](Cn1ccc2cc(S(F)(F)(F)(F)F)ccc21)CS(=O)(=O)O. The molecule has 11 heteroatoms. The van der Waals surface area contributed by atoms with Crippen LogP contribution >= 0.6 is 10.2 Å². The van der Waals surface area contributed by atoms with Crippen LogP contribution in [-0.4, -0.2) is 23.3 Å². The second-order valence-corrected chi connectivity index (χ2v) is 9.42. The Morgan fingerprint density at radius 2 is 1.78 bits per heavy atom. The van der Waals surface area contributed by atoms with Crippen molar-refractivity contribution in [3.63, 3.8) is 0 Å². The fourth-order valence-corrected chi connectivity index (χ4v) is 3.82. The number of aromatic nitrogens is 1.